The van der Waals surface area contributed by atoms with Crippen molar-refractivity contribution in [3.8, 4) is 0 Å². The first-order valence-corrected chi connectivity index (χ1v) is 18.6. The average molecular weight is 842 g/mol. The first kappa shape index (κ1) is 51.1. The lowest BCUT2D eigenvalue weighted by Crippen LogP contribution is -2.63. The molecule has 1 heterocycles. The maximum atomic E-state index is 13.6. The monoisotopic (exact) mass is 841 g/mol. The number of aliphatic carboxylic acids is 1. The van der Waals surface area contributed by atoms with Crippen LogP contribution in [0, 0.1) is 5.92 Å². The highest BCUT2D eigenvalue weighted by Crippen LogP contribution is 2.09. The van der Waals surface area contributed by atoms with Gasteiger partial charge in [-0.3, -0.25) is 38.6 Å². The number of nitrogens with one attached hydrogen (secondary N) is 7. The maximum absolute atomic E-state index is 13.6. The van der Waals surface area contributed by atoms with Crippen LogP contribution in [0.1, 0.15) is 66.0 Å². The van der Waals surface area contributed by atoms with Gasteiger partial charge in [0.05, 0.1) is 37.1 Å². The van der Waals surface area contributed by atoms with Crippen LogP contribution in [0.25, 0.3) is 0 Å². The zero-order valence-corrected chi connectivity index (χ0v) is 33.5. The van der Waals surface area contributed by atoms with Crippen molar-refractivity contribution in [3.05, 3.63) is 18.2 Å². The average Bonchev–Trinajstić information content (AvgIpc) is 3.63. The highest BCUT2D eigenvalue weighted by molar-refractivity contribution is 5.97. The van der Waals surface area contributed by atoms with Crippen LogP contribution in [0.5, 0.6) is 0 Å². The number of rotatable bonds is 26. The summed E-state index contributed by atoms with van der Waals surface area (Å²) in [5.74, 6) is -9.35. The minimum absolute atomic E-state index is 0.0391. The van der Waals surface area contributed by atoms with E-state index in [1.165, 1.54) is 12.5 Å². The quantitative estimate of drug-likeness (QED) is 0.0234. The van der Waals surface area contributed by atoms with Gasteiger partial charge in [0, 0.05) is 24.9 Å². The molecule has 0 spiro atoms. The fourth-order valence-corrected chi connectivity index (χ4v) is 5.37. The Morgan fingerprint density at radius 1 is 0.695 bits per heavy atom. The van der Waals surface area contributed by atoms with Gasteiger partial charge in [0.1, 0.15) is 36.3 Å². The zero-order valence-electron chi connectivity index (χ0n) is 33.5. The molecule has 1 aromatic rings. The lowest BCUT2D eigenvalue weighted by atomic mass is 10.0. The number of H-pyrrole nitrogens is 1. The number of hydrogen-bond acceptors (Lipinski definition) is 14. The molecule has 0 unspecified atom stereocenters. The van der Waals surface area contributed by atoms with E-state index in [-0.39, 0.29) is 44.1 Å². The number of aliphatic hydroxyl groups excluding tert-OH is 3. The van der Waals surface area contributed by atoms with Gasteiger partial charge >= 0.3 is 5.97 Å². The summed E-state index contributed by atoms with van der Waals surface area (Å²) in [6, 6.07) is -11.1. The molecular formula is C34H59N13O12. The highest BCUT2D eigenvalue weighted by Gasteiger charge is 2.37. The number of carboxylic acids is 1. The topological polar surface area (TPSA) is 435 Å². The Balaban J connectivity index is 3.24. The van der Waals surface area contributed by atoms with Crippen molar-refractivity contribution in [1.82, 2.24) is 41.9 Å². The van der Waals surface area contributed by atoms with Crippen LogP contribution >= 0.6 is 0 Å². The largest absolute Gasteiger partial charge is 0.480 e. The molecule has 0 saturated carbocycles. The molecule has 10 atom stereocenters. The summed E-state index contributed by atoms with van der Waals surface area (Å²) < 4.78 is 0. The van der Waals surface area contributed by atoms with E-state index in [4.69, 9.17) is 22.9 Å². The van der Waals surface area contributed by atoms with Crippen LogP contribution < -0.4 is 54.8 Å². The lowest BCUT2D eigenvalue weighted by Gasteiger charge is -2.30. The number of aromatic nitrogens is 2. The van der Waals surface area contributed by atoms with E-state index in [0.717, 1.165) is 20.8 Å². The number of aliphatic hydroxyl groups is 3. The fourth-order valence-electron chi connectivity index (χ4n) is 5.37. The van der Waals surface area contributed by atoms with Crippen molar-refractivity contribution in [2.24, 2.45) is 33.8 Å². The second kappa shape index (κ2) is 24.8. The van der Waals surface area contributed by atoms with E-state index in [1.807, 2.05) is 5.32 Å². The minimum atomic E-state index is -1.81. The van der Waals surface area contributed by atoms with E-state index < -0.39 is 114 Å². The van der Waals surface area contributed by atoms with Crippen LogP contribution in [-0.2, 0) is 44.8 Å². The highest BCUT2D eigenvalue weighted by atomic mass is 16.4. The first-order chi connectivity index (χ1) is 27.4. The molecule has 0 fully saturated rings. The van der Waals surface area contributed by atoms with Crippen LogP contribution in [0.4, 0.5) is 0 Å². The molecule has 0 saturated heterocycles. The standard InChI is InChI=1S/C34H59N13O12/c1-14(2)9-21(29(54)46-24(15(3)48)31(56)44-22(33(58)59)11-23(36)51)43-30(55)25(16(4)49)47-32(57)26(17(5)50)45-28(53)20(7-6-8-40-34(37)38)42-27(52)19(35)10-18-12-39-13-41-18/h12-17,19-22,24-26,48-50H,6-11,35H2,1-5H3,(H2,36,51)(H,39,41)(H,42,52)(H,43,55)(H,44,56)(H,45,53)(H,46,54)(H,47,57)(H,58,59)(H4,37,38,40)/t15-,16-,17-,19+,20+,21+,22+,24+,25+,26+/m1/s1. The molecule has 19 N–H and O–H groups in total. The molecule has 0 aliphatic carbocycles. The third-order valence-corrected chi connectivity index (χ3v) is 8.46. The predicted molar refractivity (Wildman–Crippen MR) is 208 cm³/mol. The van der Waals surface area contributed by atoms with Gasteiger partial charge in [-0.25, -0.2) is 9.78 Å². The smallest absolute Gasteiger partial charge is 0.326 e. The molecule has 0 bridgehead atoms. The molecule has 0 radical (unpaired) electrons. The molecule has 25 heteroatoms. The number of imidazole rings is 1. The van der Waals surface area contributed by atoms with Gasteiger partial charge in [-0.1, -0.05) is 13.8 Å². The summed E-state index contributed by atoms with van der Waals surface area (Å²) in [6.45, 7) is 6.82. The van der Waals surface area contributed by atoms with Crippen molar-refractivity contribution in [3.63, 3.8) is 0 Å². The molecular weight excluding hydrogens is 782 g/mol. The van der Waals surface area contributed by atoms with Crippen molar-refractivity contribution >= 4 is 53.3 Å². The van der Waals surface area contributed by atoms with Gasteiger partial charge in [-0.05, 0) is 46.0 Å². The number of aromatic amines is 1. The molecule has 7 amide bonds. The predicted octanol–water partition coefficient (Wildman–Crippen LogP) is -6.61. The molecule has 332 valence electrons. The van der Waals surface area contributed by atoms with Crippen LogP contribution in [0.15, 0.2) is 17.5 Å². The molecule has 1 aromatic heterocycles. The van der Waals surface area contributed by atoms with Gasteiger partial charge in [-0.15, -0.1) is 0 Å². The number of nitrogens with zero attached hydrogens (tertiary/aromatic N) is 2. The molecule has 0 aromatic carbocycles. The summed E-state index contributed by atoms with van der Waals surface area (Å²) in [5.41, 5.74) is 22.4. The second-order valence-electron chi connectivity index (χ2n) is 14.3. The molecule has 0 aliphatic rings. The van der Waals surface area contributed by atoms with Gasteiger partial charge in [0.2, 0.25) is 41.4 Å². The SMILES string of the molecule is CC(C)C[C@H](NC(=O)[C@@H](NC(=O)[C@@H](NC(=O)[C@H](CCCN=C(N)N)NC(=O)[C@@H](N)Cc1cnc[nH]1)[C@@H](C)O)[C@@H](C)O)C(=O)N[C@H](C(=O)N[C@@H](CC(N)=O)C(=O)O)[C@@H](C)O. The molecule has 1 rings (SSSR count). The third-order valence-electron chi connectivity index (χ3n) is 8.46. The Bertz CT molecular complexity index is 1620. The second-order valence-corrected chi connectivity index (χ2v) is 14.3. The summed E-state index contributed by atoms with van der Waals surface area (Å²) in [5, 5.41) is 54.5. The van der Waals surface area contributed by atoms with E-state index >= 15 is 0 Å². The number of primary amides is 1. The van der Waals surface area contributed by atoms with Crippen LogP contribution in [0.3, 0.4) is 0 Å². The Hall–Kier alpha value is -5.92. The van der Waals surface area contributed by atoms with Crippen molar-refractivity contribution in [1.29, 1.82) is 0 Å². The van der Waals surface area contributed by atoms with Gasteiger partial charge in [-0.2, -0.15) is 0 Å². The maximum Gasteiger partial charge on any atom is 0.326 e. The van der Waals surface area contributed by atoms with E-state index in [9.17, 15) is 58.8 Å². The van der Waals surface area contributed by atoms with E-state index in [0.29, 0.717) is 5.69 Å². The number of carbonyl (C=O) groups is 8. The Labute approximate surface area is 339 Å². The number of carboxylic acid groups (broad SMARTS) is 1. The van der Waals surface area contributed by atoms with Gasteiger partial charge < -0.3 is 80.2 Å². The summed E-state index contributed by atoms with van der Waals surface area (Å²) in [4.78, 5) is 113. The fraction of sp³-hybridized carbons (Fsp3) is 0.647. The number of amides is 7. The minimum Gasteiger partial charge on any atom is -0.480 e. The summed E-state index contributed by atoms with van der Waals surface area (Å²) >= 11 is 0. The molecule has 25 nitrogen and oxygen atoms in total. The Morgan fingerprint density at radius 3 is 1.58 bits per heavy atom. The van der Waals surface area contributed by atoms with E-state index in [2.05, 4.69) is 41.5 Å². The molecule has 0 aliphatic heterocycles. The van der Waals surface area contributed by atoms with Crippen LogP contribution in [-0.4, -0.2) is 151 Å². The van der Waals surface area contributed by atoms with Crippen molar-refractivity contribution < 1.29 is 58.8 Å². The normalized spacial score (nSPS) is 16.2. The number of nitrogens with two attached hydrogens (primary N) is 4. The number of hydrogen-bond donors (Lipinski definition) is 15. The number of carbonyl (C=O) groups excluding carboxylic acids is 7. The summed E-state index contributed by atoms with van der Waals surface area (Å²) in [6.07, 6.45) is -2.72. The van der Waals surface area contributed by atoms with Crippen molar-refractivity contribution in [2.45, 2.75) is 127 Å². The zero-order chi connectivity index (χ0) is 45.1. The Morgan fingerprint density at radius 2 is 1.15 bits per heavy atom. The number of guanidine groups is 1. The van der Waals surface area contributed by atoms with Crippen LogP contribution in [0.2, 0.25) is 0 Å². The van der Waals surface area contributed by atoms with Gasteiger partial charge in [0.15, 0.2) is 5.96 Å². The first-order valence-electron chi connectivity index (χ1n) is 18.6. The summed E-state index contributed by atoms with van der Waals surface area (Å²) in [7, 11) is 0. The van der Waals surface area contributed by atoms with E-state index in [1.54, 1.807) is 13.8 Å². The number of aliphatic imine (C=N–C) groups is 1. The Kier molecular flexibility index (Phi) is 21.4. The lowest BCUT2D eigenvalue weighted by molar-refractivity contribution is -0.144. The van der Waals surface area contributed by atoms with Gasteiger partial charge in [0.25, 0.3) is 0 Å². The molecule has 59 heavy (non-hydrogen) atoms. The third kappa shape index (κ3) is 18.5. The van der Waals surface area contributed by atoms with Crippen molar-refractivity contribution in [2.75, 3.05) is 6.54 Å².